The van der Waals surface area contributed by atoms with E-state index in [0.29, 0.717) is 18.4 Å². The molecule has 2 N–H and O–H groups in total. The van der Waals surface area contributed by atoms with Crippen molar-refractivity contribution in [3.05, 3.63) is 47.2 Å². The summed E-state index contributed by atoms with van der Waals surface area (Å²) >= 11 is 0. The number of aliphatic hydroxyl groups is 1. The molecule has 3 heteroatoms. The van der Waals surface area contributed by atoms with Crippen molar-refractivity contribution in [2.24, 2.45) is 5.41 Å². The van der Waals surface area contributed by atoms with Crippen molar-refractivity contribution in [2.45, 2.75) is 39.7 Å². The predicted octanol–water partition coefficient (Wildman–Crippen LogP) is 2.10. The molecular formula is C17H22NO2+. The number of ketones is 1. The van der Waals surface area contributed by atoms with Crippen LogP contribution in [-0.4, -0.2) is 17.1 Å². The smallest absolute Gasteiger partial charge is 0.176 e. The van der Waals surface area contributed by atoms with Crippen LogP contribution in [-0.2, 0) is 4.79 Å². The standard InChI is InChI=1S/C17H21NO2/c1-12(13-7-5-4-6-8-13)18-11-14-15(19)9-17(2,3)10-16(14)20/h4-8,11-12,19H,9-10H2,1-3H3/p+1/t12-/m0/s1. The van der Waals surface area contributed by atoms with Crippen LogP contribution in [0.4, 0.5) is 0 Å². The molecule has 0 bridgehead atoms. The molecule has 3 nitrogen and oxygen atoms in total. The third-order valence-electron chi connectivity index (χ3n) is 3.67. The lowest BCUT2D eigenvalue weighted by molar-refractivity contribution is -0.499. The van der Waals surface area contributed by atoms with Gasteiger partial charge in [-0.1, -0.05) is 44.2 Å². The van der Waals surface area contributed by atoms with Crippen molar-refractivity contribution in [3.63, 3.8) is 0 Å². The zero-order valence-electron chi connectivity index (χ0n) is 12.3. The number of allylic oxidation sites excluding steroid dienone is 2. The second-order valence-electron chi connectivity index (χ2n) is 6.24. The summed E-state index contributed by atoms with van der Waals surface area (Å²) in [6.07, 6.45) is 2.68. The average molecular weight is 272 g/mol. The summed E-state index contributed by atoms with van der Waals surface area (Å²) in [6, 6.07) is 10.1. The molecule has 0 amide bonds. The third-order valence-corrected chi connectivity index (χ3v) is 3.67. The summed E-state index contributed by atoms with van der Waals surface area (Å²) in [5, 5.41) is 10.0. The SMILES string of the molecule is C[C@H]([NH+]=CC1=C(O)CC(C)(C)CC1=O)c1ccccc1. The molecule has 1 aromatic carbocycles. The fourth-order valence-electron chi connectivity index (χ4n) is 2.51. The van der Waals surface area contributed by atoms with Crippen LogP contribution in [0, 0.1) is 5.41 Å². The molecular weight excluding hydrogens is 250 g/mol. The quantitative estimate of drug-likeness (QED) is 0.828. The second-order valence-corrected chi connectivity index (χ2v) is 6.24. The van der Waals surface area contributed by atoms with Gasteiger partial charge < -0.3 is 5.11 Å². The molecule has 0 radical (unpaired) electrons. The van der Waals surface area contributed by atoms with E-state index in [1.807, 2.05) is 51.1 Å². The second kappa shape index (κ2) is 5.61. The van der Waals surface area contributed by atoms with Crippen LogP contribution in [0.1, 0.15) is 45.2 Å². The molecule has 0 unspecified atom stereocenters. The van der Waals surface area contributed by atoms with E-state index in [2.05, 4.69) is 4.99 Å². The maximum absolute atomic E-state index is 12.1. The maximum Gasteiger partial charge on any atom is 0.176 e. The van der Waals surface area contributed by atoms with Gasteiger partial charge in [-0.05, 0) is 5.41 Å². The van der Waals surface area contributed by atoms with Crippen LogP contribution in [0.5, 0.6) is 0 Å². The summed E-state index contributed by atoms with van der Waals surface area (Å²) in [5.41, 5.74) is 1.42. The molecule has 1 aromatic rings. The number of hydrogen-bond acceptors (Lipinski definition) is 2. The van der Waals surface area contributed by atoms with Crippen LogP contribution in [0.2, 0.25) is 0 Å². The van der Waals surface area contributed by atoms with Gasteiger partial charge in [-0.2, -0.15) is 0 Å². The number of Topliss-reactive ketones (excluding diaryl/α,β-unsaturated/α-hetero) is 1. The molecule has 20 heavy (non-hydrogen) atoms. The number of rotatable bonds is 3. The van der Waals surface area contributed by atoms with E-state index < -0.39 is 0 Å². The molecule has 0 heterocycles. The Hall–Kier alpha value is -1.90. The van der Waals surface area contributed by atoms with Gasteiger partial charge in [-0.15, -0.1) is 0 Å². The first-order valence-corrected chi connectivity index (χ1v) is 6.98. The minimum Gasteiger partial charge on any atom is -0.511 e. The van der Waals surface area contributed by atoms with Crippen molar-refractivity contribution in [2.75, 3.05) is 0 Å². The summed E-state index contributed by atoms with van der Waals surface area (Å²) in [7, 11) is 0. The van der Waals surface area contributed by atoms with Crippen molar-refractivity contribution in [1.29, 1.82) is 0 Å². The number of carbonyl (C=O) groups is 1. The van der Waals surface area contributed by atoms with E-state index in [4.69, 9.17) is 0 Å². The number of benzene rings is 1. The monoisotopic (exact) mass is 272 g/mol. The maximum atomic E-state index is 12.1. The molecule has 1 atom stereocenters. The van der Waals surface area contributed by atoms with Crippen LogP contribution in [0.3, 0.4) is 0 Å². The highest BCUT2D eigenvalue weighted by Crippen LogP contribution is 2.34. The number of aliphatic hydroxyl groups excluding tert-OH is 1. The molecule has 0 saturated heterocycles. The Labute approximate surface area is 120 Å². The molecule has 1 aliphatic carbocycles. The Bertz CT molecular complexity index is 556. The summed E-state index contributed by atoms with van der Waals surface area (Å²) in [4.78, 5) is 15.3. The van der Waals surface area contributed by atoms with E-state index in [9.17, 15) is 9.90 Å². The molecule has 2 rings (SSSR count). The molecule has 0 spiro atoms. The fourth-order valence-corrected chi connectivity index (χ4v) is 2.51. The average Bonchev–Trinajstić information content (AvgIpc) is 2.37. The molecule has 0 fully saturated rings. The normalized spacial score (nSPS) is 20.4. The van der Waals surface area contributed by atoms with Crippen molar-refractivity contribution >= 4 is 12.0 Å². The highest BCUT2D eigenvalue weighted by molar-refractivity contribution is 6.13. The van der Waals surface area contributed by atoms with Crippen LogP contribution in [0.15, 0.2) is 41.7 Å². The topological polar surface area (TPSA) is 51.3 Å². The molecule has 106 valence electrons. The van der Waals surface area contributed by atoms with Gasteiger partial charge in [0, 0.05) is 25.3 Å². The summed E-state index contributed by atoms with van der Waals surface area (Å²) in [6.45, 7) is 6.02. The number of carbonyl (C=O) groups excluding carboxylic acids is 1. The fraction of sp³-hybridized carbons (Fsp3) is 0.412. The lowest BCUT2D eigenvalue weighted by atomic mass is 9.77. The zero-order valence-corrected chi connectivity index (χ0v) is 12.3. The van der Waals surface area contributed by atoms with E-state index in [1.54, 1.807) is 6.21 Å². The Morgan fingerprint density at radius 3 is 2.50 bits per heavy atom. The van der Waals surface area contributed by atoms with Crippen LogP contribution >= 0.6 is 0 Å². The van der Waals surface area contributed by atoms with Gasteiger partial charge >= 0.3 is 0 Å². The lowest BCUT2D eigenvalue weighted by Crippen LogP contribution is -2.70. The lowest BCUT2D eigenvalue weighted by Gasteiger charge is -2.27. The van der Waals surface area contributed by atoms with Gasteiger partial charge in [0.1, 0.15) is 11.3 Å². The molecule has 0 aliphatic heterocycles. The van der Waals surface area contributed by atoms with Gasteiger partial charge in [0.25, 0.3) is 0 Å². The van der Waals surface area contributed by atoms with Crippen LogP contribution in [0.25, 0.3) is 0 Å². The van der Waals surface area contributed by atoms with Gasteiger partial charge in [-0.25, -0.2) is 4.99 Å². The first-order chi connectivity index (χ1) is 9.39. The first kappa shape index (κ1) is 14.5. The first-order valence-electron chi connectivity index (χ1n) is 6.98. The van der Waals surface area contributed by atoms with Gasteiger partial charge in [0.2, 0.25) is 0 Å². The number of nitrogens with one attached hydrogen (secondary N) is 1. The van der Waals surface area contributed by atoms with Crippen LogP contribution < -0.4 is 4.99 Å². The summed E-state index contributed by atoms with van der Waals surface area (Å²) in [5.74, 6) is 0.200. The van der Waals surface area contributed by atoms with E-state index in [1.165, 1.54) is 0 Å². The molecule has 1 aliphatic rings. The zero-order chi connectivity index (χ0) is 14.8. The number of hydrogen-bond donors (Lipinski definition) is 2. The van der Waals surface area contributed by atoms with E-state index in [0.717, 1.165) is 5.56 Å². The van der Waals surface area contributed by atoms with E-state index >= 15 is 0 Å². The van der Waals surface area contributed by atoms with Crippen molar-refractivity contribution in [1.82, 2.24) is 0 Å². The summed E-state index contributed by atoms with van der Waals surface area (Å²) < 4.78 is 0. The Morgan fingerprint density at radius 2 is 1.90 bits per heavy atom. The van der Waals surface area contributed by atoms with E-state index in [-0.39, 0.29) is 23.0 Å². The highest BCUT2D eigenvalue weighted by atomic mass is 16.3. The highest BCUT2D eigenvalue weighted by Gasteiger charge is 2.33. The van der Waals surface area contributed by atoms with Gasteiger partial charge in [0.15, 0.2) is 18.0 Å². The van der Waals surface area contributed by atoms with Gasteiger partial charge in [0.05, 0.1) is 0 Å². The molecule has 0 aromatic heterocycles. The van der Waals surface area contributed by atoms with Crippen molar-refractivity contribution < 1.29 is 14.9 Å². The Morgan fingerprint density at radius 1 is 1.25 bits per heavy atom. The third kappa shape index (κ3) is 3.35. The minimum absolute atomic E-state index is 0.00603. The minimum atomic E-state index is -0.149. The van der Waals surface area contributed by atoms with Crippen molar-refractivity contribution in [3.8, 4) is 0 Å². The Balaban J connectivity index is 2.17. The molecule has 0 saturated carbocycles. The largest absolute Gasteiger partial charge is 0.511 e. The Kier molecular flexibility index (Phi) is 4.07. The predicted molar refractivity (Wildman–Crippen MR) is 79.6 cm³/mol. The van der Waals surface area contributed by atoms with Gasteiger partial charge in [-0.3, -0.25) is 4.79 Å².